The zero-order chi connectivity index (χ0) is 13.9. The summed E-state index contributed by atoms with van der Waals surface area (Å²) < 4.78 is 0. The van der Waals surface area contributed by atoms with Gasteiger partial charge in [-0.25, -0.2) is 0 Å². The van der Waals surface area contributed by atoms with Gasteiger partial charge in [0.15, 0.2) is 0 Å². The molecule has 3 atom stereocenters. The molecule has 0 aliphatic heterocycles. The van der Waals surface area contributed by atoms with Gasteiger partial charge in [0, 0.05) is 24.2 Å². The zero-order valence-corrected chi connectivity index (χ0v) is 12.5. The fraction of sp³-hybridized carbons (Fsp3) is 0.500. The van der Waals surface area contributed by atoms with Crippen molar-refractivity contribution < 1.29 is 0 Å². The van der Waals surface area contributed by atoms with Crippen LogP contribution in [0.5, 0.6) is 0 Å². The molecular formula is C18H24N2. The molecule has 0 spiro atoms. The molecule has 106 valence electrons. The predicted octanol–water partition coefficient (Wildman–Crippen LogP) is 4.15. The highest BCUT2D eigenvalue weighted by Gasteiger charge is 2.30. The van der Waals surface area contributed by atoms with Gasteiger partial charge in [-0.3, -0.25) is 4.98 Å². The van der Waals surface area contributed by atoms with E-state index in [1.54, 1.807) is 0 Å². The van der Waals surface area contributed by atoms with Crippen LogP contribution in [0.3, 0.4) is 0 Å². The molecule has 1 saturated carbocycles. The van der Waals surface area contributed by atoms with Gasteiger partial charge in [0.2, 0.25) is 0 Å². The van der Waals surface area contributed by atoms with Crippen molar-refractivity contribution >= 4 is 10.9 Å². The van der Waals surface area contributed by atoms with E-state index in [0.29, 0.717) is 6.04 Å². The molecule has 2 heteroatoms. The summed E-state index contributed by atoms with van der Waals surface area (Å²) in [5.41, 5.74) is 2.44. The van der Waals surface area contributed by atoms with Crippen LogP contribution in [0, 0.1) is 11.8 Å². The second kappa shape index (κ2) is 5.92. The van der Waals surface area contributed by atoms with E-state index in [9.17, 15) is 0 Å². The minimum absolute atomic E-state index is 0.685. The number of benzene rings is 1. The van der Waals surface area contributed by atoms with Gasteiger partial charge < -0.3 is 5.32 Å². The Hall–Kier alpha value is -1.41. The summed E-state index contributed by atoms with van der Waals surface area (Å²) in [5, 5.41) is 4.99. The van der Waals surface area contributed by atoms with Gasteiger partial charge in [-0.1, -0.05) is 32.4 Å². The van der Waals surface area contributed by atoms with Crippen molar-refractivity contribution in [1.82, 2.24) is 10.3 Å². The number of rotatable bonds is 4. The van der Waals surface area contributed by atoms with Gasteiger partial charge in [-0.15, -0.1) is 0 Å². The van der Waals surface area contributed by atoms with Crippen LogP contribution in [0.4, 0.5) is 0 Å². The summed E-state index contributed by atoms with van der Waals surface area (Å²) in [5.74, 6) is 1.72. The highest BCUT2D eigenvalue weighted by molar-refractivity contribution is 5.78. The summed E-state index contributed by atoms with van der Waals surface area (Å²) in [6.45, 7) is 5.69. The van der Waals surface area contributed by atoms with Crippen LogP contribution in [-0.2, 0) is 6.54 Å². The maximum absolute atomic E-state index is 4.37. The first-order chi connectivity index (χ1) is 9.78. The van der Waals surface area contributed by atoms with Crippen molar-refractivity contribution in [2.75, 3.05) is 0 Å². The van der Waals surface area contributed by atoms with Crippen LogP contribution in [0.25, 0.3) is 10.9 Å². The van der Waals surface area contributed by atoms with E-state index < -0.39 is 0 Å². The number of hydrogen-bond donors (Lipinski definition) is 1. The Kier molecular flexibility index (Phi) is 4.02. The summed E-state index contributed by atoms with van der Waals surface area (Å²) in [7, 11) is 0. The van der Waals surface area contributed by atoms with E-state index >= 15 is 0 Å². The van der Waals surface area contributed by atoms with E-state index in [0.717, 1.165) is 23.9 Å². The van der Waals surface area contributed by atoms with Crippen molar-refractivity contribution in [3.63, 3.8) is 0 Å². The maximum atomic E-state index is 4.37. The lowest BCUT2D eigenvalue weighted by molar-refractivity contribution is 0.344. The molecule has 1 aromatic heterocycles. The summed E-state index contributed by atoms with van der Waals surface area (Å²) in [6.07, 6.45) is 5.89. The van der Waals surface area contributed by atoms with Gasteiger partial charge in [-0.05, 0) is 48.4 Å². The number of hydrogen-bond acceptors (Lipinski definition) is 2. The summed E-state index contributed by atoms with van der Waals surface area (Å²) in [6, 6.07) is 11.4. The van der Waals surface area contributed by atoms with E-state index in [2.05, 4.69) is 48.4 Å². The second-order valence-corrected chi connectivity index (χ2v) is 6.12. The molecule has 1 heterocycles. The molecule has 1 aromatic carbocycles. The van der Waals surface area contributed by atoms with E-state index in [1.165, 1.54) is 30.2 Å². The van der Waals surface area contributed by atoms with Crippen LogP contribution in [0.15, 0.2) is 36.5 Å². The molecule has 2 aromatic rings. The van der Waals surface area contributed by atoms with Gasteiger partial charge >= 0.3 is 0 Å². The number of fused-ring (bicyclic) bond motifs is 1. The molecular weight excluding hydrogens is 244 g/mol. The Labute approximate surface area is 121 Å². The van der Waals surface area contributed by atoms with Crippen LogP contribution in [0.1, 0.15) is 38.7 Å². The average Bonchev–Trinajstić information content (AvgIpc) is 2.85. The molecule has 1 fully saturated rings. The maximum Gasteiger partial charge on any atom is 0.0702 e. The third-order valence-corrected chi connectivity index (χ3v) is 4.99. The highest BCUT2D eigenvalue weighted by atomic mass is 14.9. The first kappa shape index (κ1) is 13.6. The molecule has 2 nitrogen and oxygen atoms in total. The molecule has 1 aliphatic carbocycles. The lowest BCUT2D eigenvalue weighted by Crippen LogP contribution is -2.32. The Bertz CT molecular complexity index is 578. The van der Waals surface area contributed by atoms with E-state index in [-0.39, 0.29) is 0 Å². The molecule has 20 heavy (non-hydrogen) atoms. The van der Waals surface area contributed by atoms with Crippen molar-refractivity contribution in [2.45, 2.75) is 45.7 Å². The van der Waals surface area contributed by atoms with Gasteiger partial charge in [0.05, 0.1) is 5.52 Å². The molecule has 3 rings (SSSR count). The summed E-state index contributed by atoms with van der Waals surface area (Å²) >= 11 is 0. The van der Waals surface area contributed by atoms with Crippen molar-refractivity contribution in [3.05, 3.63) is 42.1 Å². The third-order valence-electron chi connectivity index (χ3n) is 4.99. The average molecular weight is 268 g/mol. The molecule has 0 amide bonds. The number of nitrogens with one attached hydrogen (secondary N) is 1. The molecule has 0 bridgehead atoms. The molecule has 0 saturated heterocycles. The monoisotopic (exact) mass is 268 g/mol. The largest absolute Gasteiger partial charge is 0.310 e. The predicted molar refractivity (Wildman–Crippen MR) is 84.5 cm³/mol. The standard InChI is InChI=1S/C18H24N2/c1-3-15-7-9-17(13(15)2)20-12-14-6-8-18-16(11-14)5-4-10-19-18/h4-6,8,10-11,13,15,17,20H,3,7,9,12H2,1-2H3. The fourth-order valence-electron chi connectivity index (χ4n) is 3.60. The Morgan fingerprint density at radius 3 is 2.95 bits per heavy atom. The van der Waals surface area contributed by atoms with Gasteiger partial charge in [0.1, 0.15) is 0 Å². The van der Waals surface area contributed by atoms with Crippen molar-refractivity contribution in [1.29, 1.82) is 0 Å². The van der Waals surface area contributed by atoms with Crippen LogP contribution in [0.2, 0.25) is 0 Å². The minimum atomic E-state index is 0.685. The van der Waals surface area contributed by atoms with Crippen LogP contribution >= 0.6 is 0 Å². The molecule has 1 N–H and O–H groups in total. The molecule has 1 aliphatic rings. The van der Waals surface area contributed by atoms with Crippen LogP contribution in [-0.4, -0.2) is 11.0 Å². The second-order valence-electron chi connectivity index (χ2n) is 6.12. The first-order valence-electron chi connectivity index (χ1n) is 7.85. The topological polar surface area (TPSA) is 24.9 Å². The lowest BCUT2D eigenvalue weighted by atomic mass is 9.93. The number of pyridine rings is 1. The summed E-state index contributed by atoms with van der Waals surface area (Å²) in [4.78, 5) is 4.37. The quantitative estimate of drug-likeness (QED) is 0.901. The normalized spacial score (nSPS) is 26.2. The Morgan fingerprint density at radius 1 is 1.25 bits per heavy atom. The minimum Gasteiger partial charge on any atom is -0.310 e. The zero-order valence-electron chi connectivity index (χ0n) is 12.5. The Balaban J connectivity index is 1.65. The van der Waals surface area contributed by atoms with Gasteiger partial charge in [0.25, 0.3) is 0 Å². The van der Waals surface area contributed by atoms with Crippen molar-refractivity contribution in [2.24, 2.45) is 11.8 Å². The lowest BCUT2D eigenvalue weighted by Gasteiger charge is -2.21. The SMILES string of the molecule is CCC1CCC(NCc2ccc3ncccc3c2)C1C. The van der Waals surface area contributed by atoms with Crippen LogP contribution < -0.4 is 5.32 Å². The van der Waals surface area contributed by atoms with Gasteiger partial charge in [-0.2, -0.15) is 0 Å². The van der Waals surface area contributed by atoms with E-state index in [1.807, 2.05) is 12.3 Å². The third kappa shape index (κ3) is 2.71. The van der Waals surface area contributed by atoms with E-state index in [4.69, 9.17) is 0 Å². The number of aromatic nitrogens is 1. The molecule has 0 radical (unpaired) electrons. The first-order valence-corrected chi connectivity index (χ1v) is 7.85. The smallest absolute Gasteiger partial charge is 0.0702 e. The number of nitrogens with zero attached hydrogens (tertiary/aromatic N) is 1. The molecule has 3 unspecified atom stereocenters. The fourth-order valence-corrected chi connectivity index (χ4v) is 3.60. The van der Waals surface area contributed by atoms with Crippen molar-refractivity contribution in [3.8, 4) is 0 Å². The highest BCUT2D eigenvalue weighted by Crippen LogP contribution is 2.34. The Morgan fingerprint density at radius 2 is 2.15 bits per heavy atom.